The molecule has 314 valence electrons. The van der Waals surface area contributed by atoms with Crippen molar-refractivity contribution in [3.05, 3.63) is 12.2 Å². The van der Waals surface area contributed by atoms with Crippen LogP contribution in [0.3, 0.4) is 0 Å². The molecule has 0 aromatic carbocycles. The molecule has 3 N–H and O–H groups in total. The summed E-state index contributed by atoms with van der Waals surface area (Å²) in [7, 11) is -4.37. The Kier molecular flexibility index (Phi) is 39.5. The van der Waals surface area contributed by atoms with Crippen LogP contribution in [0, 0.1) is 0 Å². The van der Waals surface area contributed by atoms with Gasteiger partial charge in [-0.15, -0.1) is 0 Å². The van der Waals surface area contributed by atoms with E-state index in [0.29, 0.717) is 6.42 Å². The Morgan fingerprint density at radius 2 is 0.925 bits per heavy atom. The summed E-state index contributed by atoms with van der Waals surface area (Å²) < 4.78 is 32.8. The molecule has 0 radical (unpaired) electrons. The van der Waals surface area contributed by atoms with Gasteiger partial charge in [0.15, 0.2) is 6.10 Å². The molecule has 0 amide bonds. The van der Waals surface area contributed by atoms with Crippen LogP contribution in [0.5, 0.6) is 0 Å². The molecule has 10 heteroatoms. The third-order valence-electron chi connectivity index (χ3n) is 9.65. The van der Waals surface area contributed by atoms with Gasteiger partial charge < -0.3 is 20.1 Å². The lowest BCUT2D eigenvalue weighted by atomic mass is 10.0. The molecule has 0 saturated carbocycles. The van der Waals surface area contributed by atoms with Gasteiger partial charge in [-0.25, -0.2) is 4.57 Å². The van der Waals surface area contributed by atoms with E-state index in [1.807, 2.05) is 0 Å². The Morgan fingerprint density at radius 3 is 1.36 bits per heavy atom. The van der Waals surface area contributed by atoms with Gasteiger partial charge in [0.1, 0.15) is 6.61 Å². The quantitative estimate of drug-likeness (QED) is 0.0269. The summed E-state index contributed by atoms with van der Waals surface area (Å²) in [6, 6.07) is 0. The maximum Gasteiger partial charge on any atom is 0.472 e. The van der Waals surface area contributed by atoms with Crippen molar-refractivity contribution in [2.45, 2.75) is 225 Å². The minimum atomic E-state index is -4.37. The van der Waals surface area contributed by atoms with Gasteiger partial charge >= 0.3 is 19.8 Å². The molecule has 2 atom stereocenters. The van der Waals surface area contributed by atoms with Crippen molar-refractivity contribution in [1.82, 2.24) is 0 Å². The summed E-state index contributed by atoms with van der Waals surface area (Å²) in [6.45, 7) is 3.75. The number of carbonyl (C=O) groups is 2. The first kappa shape index (κ1) is 51.8. The molecule has 0 bridgehead atoms. The molecule has 0 aliphatic carbocycles. The number of hydrogen-bond acceptors (Lipinski definition) is 8. The smallest absolute Gasteiger partial charge is 0.462 e. The molecule has 0 fully saturated rings. The number of hydrogen-bond donors (Lipinski definition) is 2. The summed E-state index contributed by atoms with van der Waals surface area (Å²) in [6.07, 6.45) is 40.9. The molecule has 0 aromatic rings. The lowest BCUT2D eigenvalue weighted by Gasteiger charge is -2.19. The summed E-state index contributed by atoms with van der Waals surface area (Å²) in [5, 5.41) is 0. The van der Waals surface area contributed by atoms with Crippen molar-refractivity contribution in [1.29, 1.82) is 0 Å². The number of unbranched alkanes of at least 4 members (excludes halogenated alkanes) is 27. The molecule has 0 spiro atoms. The first-order chi connectivity index (χ1) is 25.8. The number of allylic oxidation sites excluding steroid dienone is 2. The Morgan fingerprint density at radius 1 is 0.547 bits per heavy atom. The van der Waals surface area contributed by atoms with Crippen LogP contribution in [-0.4, -0.2) is 49.3 Å². The Hall–Kier alpha value is -1.25. The third kappa shape index (κ3) is 40.2. The van der Waals surface area contributed by atoms with Gasteiger partial charge in [-0.05, 0) is 38.5 Å². The van der Waals surface area contributed by atoms with E-state index < -0.39 is 26.5 Å². The zero-order chi connectivity index (χ0) is 38.9. The van der Waals surface area contributed by atoms with Gasteiger partial charge in [0.05, 0.1) is 13.2 Å². The molecule has 0 heterocycles. The topological polar surface area (TPSA) is 134 Å². The molecule has 0 rings (SSSR count). The van der Waals surface area contributed by atoms with E-state index in [1.54, 1.807) is 0 Å². The number of rotatable bonds is 42. The second-order valence-electron chi connectivity index (χ2n) is 14.9. The van der Waals surface area contributed by atoms with Gasteiger partial charge in [0, 0.05) is 19.4 Å². The molecule has 0 aromatic heterocycles. The molecule has 0 aliphatic rings. The maximum absolute atomic E-state index is 12.6. The van der Waals surface area contributed by atoms with E-state index in [1.165, 1.54) is 141 Å². The largest absolute Gasteiger partial charge is 0.472 e. The van der Waals surface area contributed by atoms with Crippen LogP contribution >= 0.6 is 7.82 Å². The minimum absolute atomic E-state index is 0.0558. The molecule has 1 unspecified atom stereocenters. The van der Waals surface area contributed by atoms with Crippen molar-refractivity contribution < 1.29 is 37.6 Å². The second kappa shape index (κ2) is 40.4. The van der Waals surface area contributed by atoms with Crippen LogP contribution in [0.1, 0.15) is 219 Å². The average Bonchev–Trinajstić information content (AvgIpc) is 3.14. The Bertz CT molecular complexity index is 886. The third-order valence-corrected chi connectivity index (χ3v) is 10.6. The van der Waals surface area contributed by atoms with Crippen LogP contribution in [0.4, 0.5) is 0 Å². The highest BCUT2D eigenvalue weighted by Crippen LogP contribution is 2.43. The van der Waals surface area contributed by atoms with Crippen LogP contribution in [-0.2, 0) is 32.7 Å². The fourth-order valence-corrected chi connectivity index (χ4v) is 7.10. The standard InChI is InChI=1S/C43H84NO8P/c1-3-5-7-9-11-13-15-17-19-20-22-24-26-28-30-32-34-36-43(46)52-41(40-51-53(47,48)50-38-37-44)39-49-42(45)35-33-31-29-27-25-23-21-18-16-14-12-10-8-6-4-2/h14,16,41H,3-13,15,17-40,44H2,1-2H3,(H,47,48)/b16-14-/t41-/m1/s1. The van der Waals surface area contributed by atoms with Crippen molar-refractivity contribution in [3.8, 4) is 0 Å². The fourth-order valence-electron chi connectivity index (χ4n) is 6.34. The summed E-state index contributed by atoms with van der Waals surface area (Å²) in [5.74, 6) is -0.822. The predicted molar refractivity (Wildman–Crippen MR) is 220 cm³/mol. The number of esters is 2. The van der Waals surface area contributed by atoms with Crippen LogP contribution in [0.25, 0.3) is 0 Å². The van der Waals surface area contributed by atoms with Crippen LogP contribution in [0.15, 0.2) is 12.2 Å². The van der Waals surface area contributed by atoms with Crippen LogP contribution < -0.4 is 5.73 Å². The second-order valence-corrected chi connectivity index (χ2v) is 16.4. The van der Waals surface area contributed by atoms with Gasteiger partial charge in [0.25, 0.3) is 0 Å². The Labute approximate surface area is 326 Å². The monoisotopic (exact) mass is 774 g/mol. The fraction of sp³-hybridized carbons (Fsp3) is 0.907. The SMILES string of the molecule is CCCCCC/C=C\CCCCCCCCCC(=O)OC[C@H](COP(=O)(O)OCCN)OC(=O)CCCCCCCCCCCCCCCCCCC. The average molecular weight is 774 g/mol. The number of ether oxygens (including phenoxy) is 2. The van der Waals surface area contributed by atoms with Gasteiger partial charge in [-0.2, -0.15) is 0 Å². The molecule has 0 saturated heterocycles. The number of phosphoric ester groups is 1. The molecule has 9 nitrogen and oxygen atoms in total. The predicted octanol–water partition coefficient (Wildman–Crippen LogP) is 12.6. The highest BCUT2D eigenvalue weighted by molar-refractivity contribution is 7.47. The molecular weight excluding hydrogens is 689 g/mol. The van der Waals surface area contributed by atoms with Crippen molar-refractivity contribution >= 4 is 19.8 Å². The van der Waals surface area contributed by atoms with Crippen molar-refractivity contribution in [2.75, 3.05) is 26.4 Å². The normalized spacial score (nSPS) is 13.4. The first-order valence-electron chi connectivity index (χ1n) is 22.2. The number of nitrogens with two attached hydrogens (primary N) is 1. The first-order valence-corrected chi connectivity index (χ1v) is 23.7. The number of phosphoric acid groups is 1. The lowest BCUT2D eigenvalue weighted by Crippen LogP contribution is -2.29. The summed E-state index contributed by atoms with van der Waals surface area (Å²) >= 11 is 0. The van der Waals surface area contributed by atoms with Crippen LogP contribution in [0.2, 0.25) is 0 Å². The Balaban J connectivity index is 4.11. The summed E-state index contributed by atoms with van der Waals surface area (Å²) in [4.78, 5) is 34.9. The van der Waals surface area contributed by atoms with E-state index in [2.05, 4.69) is 26.0 Å². The highest BCUT2D eigenvalue weighted by Gasteiger charge is 2.26. The van der Waals surface area contributed by atoms with E-state index in [-0.39, 0.29) is 38.6 Å². The maximum atomic E-state index is 12.6. The van der Waals surface area contributed by atoms with Gasteiger partial charge in [-0.1, -0.05) is 180 Å². The number of carbonyl (C=O) groups excluding carboxylic acids is 2. The lowest BCUT2D eigenvalue weighted by molar-refractivity contribution is -0.161. The van der Waals surface area contributed by atoms with Crippen molar-refractivity contribution in [3.63, 3.8) is 0 Å². The van der Waals surface area contributed by atoms with E-state index in [9.17, 15) is 19.0 Å². The zero-order valence-electron chi connectivity index (χ0n) is 34.5. The molecular formula is C43H84NO8P. The zero-order valence-corrected chi connectivity index (χ0v) is 35.4. The molecule has 53 heavy (non-hydrogen) atoms. The van der Waals surface area contributed by atoms with Crippen molar-refractivity contribution in [2.24, 2.45) is 5.73 Å². The van der Waals surface area contributed by atoms with E-state index in [0.717, 1.165) is 44.9 Å². The minimum Gasteiger partial charge on any atom is -0.462 e. The van der Waals surface area contributed by atoms with Gasteiger partial charge in [-0.3, -0.25) is 18.6 Å². The van der Waals surface area contributed by atoms with E-state index in [4.69, 9.17) is 24.3 Å². The van der Waals surface area contributed by atoms with Gasteiger partial charge in [0.2, 0.25) is 0 Å². The molecule has 0 aliphatic heterocycles. The highest BCUT2D eigenvalue weighted by atomic mass is 31.2. The van der Waals surface area contributed by atoms with E-state index >= 15 is 0 Å². The summed E-state index contributed by atoms with van der Waals surface area (Å²) in [5.41, 5.74) is 5.35.